The van der Waals surface area contributed by atoms with Crippen molar-refractivity contribution in [2.45, 2.75) is 6.54 Å². The smallest absolute Gasteiger partial charge is 0.175 e. The minimum Gasteiger partial charge on any atom is -0.504 e. The number of fused-ring (bicyclic) bond motifs is 1. The lowest BCUT2D eigenvalue weighted by molar-refractivity contribution is 0.230. The largest absolute Gasteiger partial charge is 0.504 e. The molecule has 0 spiro atoms. The Kier molecular flexibility index (Phi) is 2.74. The van der Waals surface area contributed by atoms with Gasteiger partial charge in [0.25, 0.3) is 0 Å². The molecule has 4 nitrogen and oxygen atoms in total. The first-order valence-electron chi connectivity index (χ1n) is 5.96. The molecule has 1 aliphatic rings. The van der Waals surface area contributed by atoms with Crippen molar-refractivity contribution in [3.8, 4) is 5.75 Å². The predicted molar refractivity (Wildman–Crippen MR) is 66.0 cm³/mol. The van der Waals surface area contributed by atoms with Crippen molar-refractivity contribution in [1.29, 1.82) is 0 Å². The van der Waals surface area contributed by atoms with Gasteiger partial charge in [0.05, 0.1) is 6.26 Å². The molecular formula is C13H16N2O2. The van der Waals surface area contributed by atoms with Crippen LogP contribution >= 0.6 is 0 Å². The van der Waals surface area contributed by atoms with E-state index in [2.05, 4.69) is 10.2 Å². The van der Waals surface area contributed by atoms with E-state index in [-0.39, 0.29) is 5.75 Å². The minimum absolute atomic E-state index is 0.283. The first kappa shape index (κ1) is 10.6. The van der Waals surface area contributed by atoms with Gasteiger partial charge in [0.1, 0.15) is 0 Å². The molecule has 1 aromatic carbocycles. The zero-order chi connectivity index (χ0) is 11.7. The summed E-state index contributed by atoms with van der Waals surface area (Å²) in [6, 6.07) is 5.84. The van der Waals surface area contributed by atoms with Crippen LogP contribution in [0.5, 0.6) is 5.75 Å². The lowest BCUT2D eigenvalue weighted by Crippen LogP contribution is -2.42. The fraction of sp³-hybridized carbons (Fsp3) is 0.385. The van der Waals surface area contributed by atoms with E-state index >= 15 is 0 Å². The van der Waals surface area contributed by atoms with Gasteiger partial charge in [0, 0.05) is 43.7 Å². The Morgan fingerprint density at radius 2 is 2.06 bits per heavy atom. The number of hydrogen-bond donors (Lipinski definition) is 2. The molecule has 2 aromatic rings. The minimum atomic E-state index is 0.283. The summed E-state index contributed by atoms with van der Waals surface area (Å²) in [5, 5.41) is 14.4. The highest BCUT2D eigenvalue weighted by atomic mass is 16.3. The van der Waals surface area contributed by atoms with Crippen LogP contribution in [0.1, 0.15) is 5.56 Å². The molecule has 0 aliphatic carbocycles. The Balaban J connectivity index is 1.86. The van der Waals surface area contributed by atoms with Crippen LogP contribution in [0.15, 0.2) is 28.9 Å². The van der Waals surface area contributed by atoms with Gasteiger partial charge in [-0.1, -0.05) is 12.1 Å². The lowest BCUT2D eigenvalue weighted by Gasteiger charge is -2.27. The topological polar surface area (TPSA) is 48.6 Å². The Hall–Kier alpha value is -1.52. The second-order valence-corrected chi connectivity index (χ2v) is 4.44. The van der Waals surface area contributed by atoms with Crippen LogP contribution in [0.25, 0.3) is 11.0 Å². The third-order valence-corrected chi connectivity index (χ3v) is 3.28. The number of hydrogen-bond acceptors (Lipinski definition) is 4. The Morgan fingerprint density at radius 3 is 2.88 bits per heavy atom. The summed E-state index contributed by atoms with van der Waals surface area (Å²) in [6.07, 6.45) is 1.61. The molecule has 0 unspecified atom stereocenters. The zero-order valence-electron chi connectivity index (χ0n) is 9.65. The first-order valence-corrected chi connectivity index (χ1v) is 5.96. The summed E-state index contributed by atoms with van der Waals surface area (Å²) in [7, 11) is 0. The quantitative estimate of drug-likeness (QED) is 0.824. The fourth-order valence-corrected chi connectivity index (χ4v) is 2.30. The van der Waals surface area contributed by atoms with Crippen LogP contribution in [-0.2, 0) is 6.54 Å². The van der Waals surface area contributed by atoms with E-state index in [1.807, 2.05) is 18.2 Å². The summed E-state index contributed by atoms with van der Waals surface area (Å²) >= 11 is 0. The van der Waals surface area contributed by atoms with E-state index in [0.29, 0.717) is 5.58 Å². The fourth-order valence-electron chi connectivity index (χ4n) is 2.30. The van der Waals surface area contributed by atoms with Gasteiger partial charge >= 0.3 is 0 Å². The van der Waals surface area contributed by atoms with Gasteiger partial charge in [-0.05, 0) is 6.07 Å². The molecule has 17 heavy (non-hydrogen) atoms. The molecule has 0 saturated carbocycles. The molecule has 0 amide bonds. The van der Waals surface area contributed by atoms with Crippen molar-refractivity contribution in [1.82, 2.24) is 10.2 Å². The van der Waals surface area contributed by atoms with Gasteiger partial charge in [0.15, 0.2) is 11.3 Å². The molecule has 90 valence electrons. The van der Waals surface area contributed by atoms with Crippen LogP contribution in [0, 0.1) is 0 Å². The number of phenolic OH excluding ortho intramolecular Hbond substituents is 1. The number of rotatable bonds is 2. The Labute approximate surface area is 99.8 Å². The van der Waals surface area contributed by atoms with Crippen LogP contribution in [-0.4, -0.2) is 36.2 Å². The number of nitrogens with zero attached hydrogens (tertiary/aromatic N) is 1. The van der Waals surface area contributed by atoms with E-state index in [4.69, 9.17) is 4.42 Å². The van der Waals surface area contributed by atoms with Crippen molar-refractivity contribution in [2.24, 2.45) is 0 Å². The molecule has 0 bridgehead atoms. The van der Waals surface area contributed by atoms with Gasteiger partial charge in [-0.25, -0.2) is 0 Å². The molecular weight excluding hydrogens is 216 g/mol. The SMILES string of the molecule is Oc1c(CN2CCNCC2)ccc2ccoc12. The number of phenols is 1. The van der Waals surface area contributed by atoms with E-state index in [0.717, 1.165) is 43.7 Å². The van der Waals surface area contributed by atoms with Gasteiger partial charge in [0.2, 0.25) is 0 Å². The van der Waals surface area contributed by atoms with E-state index in [9.17, 15) is 5.11 Å². The average Bonchev–Trinajstić information content (AvgIpc) is 2.83. The van der Waals surface area contributed by atoms with Crippen molar-refractivity contribution >= 4 is 11.0 Å². The Morgan fingerprint density at radius 1 is 1.24 bits per heavy atom. The third-order valence-electron chi connectivity index (χ3n) is 3.28. The van der Waals surface area contributed by atoms with Gasteiger partial charge in [-0.3, -0.25) is 4.90 Å². The maximum Gasteiger partial charge on any atom is 0.175 e. The number of piperazine rings is 1. The molecule has 0 atom stereocenters. The molecule has 1 aromatic heterocycles. The summed E-state index contributed by atoms with van der Waals surface area (Å²) < 4.78 is 5.30. The van der Waals surface area contributed by atoms with Crippen molar-refractivity contribution in [3.05, 3.63) is 30.0 Å². The molecule has 1 fully saturated rings. The van der Waals surface area contributed by atoms with Crippen molar-refractivity contribution in [2.75, 3.05) is 26.2 Å². The highest BCUT2D eigenvalue weighted by Gasteiger charge is 2.14. The molecule has 3 rings (SSSR count). The molecule has 2 heterocycles. The van der Waals surface area contributed by atoms with Crippen LogP contribution in [0.4, 0.5) is 0 Å². The summed E-state index contributed by atoms with van der Waals surface area (Å²) in [4.78, 5) is 2.33. The Bertz CT molecular complexity index is 515. The van der Waals surface area contributed by atoms with Crippen LogP contribution < -0.4 is 5.32 Å². The number of benzene rings is 1. The third kappa shape index (κ3) is 2.01. The summed E-state index contributed by atoms with van der Waals surface area (Å²) in [5.41, 5.74) is 1.53. The van der Waals surface area contributed by atoms with Crippen molar-refractivity contribution in [3.63, 3.8) is 0 Å². The number of nitrogens with one attached hydrogen (secondary N) is 1. The second kappa shape index (κ2) is 4.39. The highest BCUT2D eigenvalue weighted by molar-refractivity contribution is 5.84. The van der Waals surface area contributed by atoms with Gasteiger partial charge in [-0.15, -0.1) is 0 Å². The van der Waals surface area contributed by atoms with Crippen molar-refractivity contribution < 1.29 is 9.52 Å². The summed E-state index contributed by atoms with van der Waals surface area (Å²) in [6.45, 7) is 4.86. The van der Waals surface area contributed by atoms with E-state index in [1.54, 1.807) is 6.26 Å². The average molecular weight is 232 g/mol. The van der Waals surface area contributed by atoms with Gasteiger partial charge in [-0.2, -0.15) is 0 Å². The zero-order valence-corrected chi connectivity index (χ0v) is 9.65. The normalized spacial score (nSPS) is 17.6. The molecule has 4 heteroatoms. The standard InChI is InChI=1S/C13H16N2O2/c16-12-11(9-15-6-4-14-5-7-15)2-1-10-3-8-17-13(10)12/h1-3,8,14,16H,4-7,9H2. The maximum atomic E-state index is 10.1. The molecule has 1 saturated heterocycles. The summed E-state index contributed by atoms with van der Waals surface area (Å²) in [5.74, 6) is 0.283. The maximum absolute atomic E-state index is 10.1. The molecule has 2 N–H and O–H groups in total. The van der Waals surface area contributed by atoms with Gasteiger partial charge < -0.3 is 14.8 Å². The second-order valence-electron chi connectivity index (χ2n) is 4.44. The van der Waals surface area contributed by atoms with Crippen LogP contribution in [0.3, 0.4) is 0 Å². The molecule has 1 aliphatic heterocycles. The highest BCUT2D eigenvalue weighted by Crippen LogP contribution is 2.30. The first-order chi connectivity index (χ1) is 8.34. The monoisotopic (exact) mass is 232 g/mol. The van der Waals surface area contributed by atoms with Crippen LogP contribution in [0.2, 0.25) is 0 Å². The molecule has 0 radical (unpaired) electrons. The lowest BCUT2D eigenvalue weighted by atomic mass is 10.1. The van der Waals surface area contributed by atoms with E-state index in [1.165, 1.54) is 0 Å². The number of aromatic hydroxyl groups is 1. The predicted octanol–water partition coefficient (Wildman–Crippen LogP) is 1.54. The van der Waals surface area contributed by atoms with E-state index < -0.39 is 0 Å². The number of furan rings is 1.